The molecule has 0 unspecified atom stereocenters. The maximum Gasteiger partial charge on any atom is 0.275 e. The summed E-state index contributed by atoms with van der Waals surface area (Å²) in [6.07, 6.45) is 0.903. The molecule has 0 amide bonds. The molecule has 0 aliphatic heterocycles. The number of aromatic nitrogens is 5. The van der Waals surface area contributed by atoms with Crippen molar-refractivity contribution in [1.82, 2.24) is 25.2 Å². The summed E-state index contributed by atoms with van der Waals surface area (Å²) in [5, 5.41) is 26.0. The molecular formula is C10H13N7O2S. The van der Waals surface area contributed by atoms with Crippen LogP contribution in [0, 0.1) is 10.1 Å². The fourth-order valence-electron chi connectivity index (χ4n) is 1.39. The van der Waals surface area contributed by atoms with Crippen molar-refractivity contribution in [3.8, 4) is 0 Å². The number of anilines is 1. The predicted octanol–water partition coefficient (Wildman–Crippen LogP) is 1.49. The van der Waals surface area contributed by atoms with Crippen LogP contribution in [0.3, 0.4) is 0 Å². The van der Waals surface area contributed by atoms with Crippen LogP contribution in [0.2, 0.25) is 0 Å². The Balaban J connectivity index is 2.29. The molecule has 0 radical (unpaired) electrons. The first-order chi connectivity index (χ1) is 9.60. The van der Waals surface area contributed by atoms with Gasteiger partial charge in [-0.2, -0.15) is 0 Å². The molecule has 10 heteroatoms. The Morgan fingerprint density at radius 2 is 2.30 bits per heavy atom. The zero-order valence-electron chi connectivity index (χ0n) is 11.0. The van der Waals surface area contributed by atoms with E-state index in [9.17, 15) is 10.1 Å². The molecule has 0 saturated heterocycles. The molecule has 0 saturated carbocycles. The standard InChI is InChI=1S/C10H13N7O2S/c1-3-4-11-8-5-7(17(18)19)6-9(12-8)20-10-13-14-15-16(10)2/h5-6H,3-4H2,1-2H3,(H,11,12). The van der Waals surface area contributed by atoms with E-state index in [0.717, 1.165) is 6.42 Å². The second-order valence-corrected chi connectivity index (χ2v) is 4.91. The molecule has 2 rings (SSSR count). The summed E-state index contributed by atoms with van der Waals surface area (Å²) in [6, 6.07) is 2.81. The van der Waals surface area contributed by atoms with Crippen LogP contribution in [0.5, 0.6) is 0 Å². The molecule has 0 spiro atoms. The van der Waals surface area contributed by atoms with Crippen LogP contribution < -0.4 is 5.32 Å². The van der Waals surface area contributed by atoms with Crippen molar-refractivity contribution in [1.29, 1.82) is 0 Å². The lowest BCUT2D eigenvalue weighted by Gasteiger charge is -2.06. The Kier molecular flexibility index (Phi) is 4.45. The minimum absolute atomic E-state index is 0.0174. The quantitative estimate of drug-likeness (QED) is 0.630. The van der Waals surface area contributed by atoms with Gasteiger partial charge in [0.1, 0.15) is 10.8 Å². The number of rotatable bonds is 6. The Morgan fingerprint density at radius 1 is 1.50 bits per heavy atom. The molecule has 0 aliphatic carbocycles. The fourth-order valence-corrected chi connectivity index (χ4v) is 2.15. The van der Waals surface area contributed by atoms with E-state index in [1.165, 1.54) is 28.6 Å². The van der Waals surface area contributed by atoms with Gasteiger partial charge < -0.3 is 5.32 Å². The van der Waals surface area contributed by atoms with Gasteiger partial charge in [0.15, 0.2) is 0 Å². The lowest BCUT2D eigenvalue weighted by molar-refractivity contribution is -0.385. The number of nitrogens with zero attached hydrogens (tertiary/aromatic N) is 6. The Bertz CT molecular complexity index is 615. The average molecular weight is 295 g/mol. The minimum atomic E-state index is -0.447. The third-order valence-corrected chi connectivity index (χ3v) is 3.28. The van der Waals surface area contributed by atoms with Crippen LogP contribution >= 0.6 is 11.8 Å². The van der Waals surface area contributed by atoms with Crippen molar-refractivity contribution in [2.24, 2.45) is 7.05 Å². The second-order valence-electron chi connectivity index (χ2n) is 3.92. The molecule has 2 aromatic rings. The van der Waals surface area contributed by atoms with Gasteiger partial charge in [-0.15, -0.1) is 5.10 Å². The highest BCUT2D eigenvalue weighted by molar-refractivity contribution is 7.99. The minimum Gasteiger partial charge on any atom is -0.370 e. The van der Waals surface area contributed by atoms with Gasteiger partial charge in [-0.3, -0.25) is 10.1 Å². The first-order valence-electron chi connectivity index (χ1n) is 5.90. The Hall–Kier alpha value is -2.23. The molecule has 0 aliphatic rings. The highest BCUT2D eigenvalue weighted by Crippen LogP contribution is 2.28. The van der Waals surface area contributed by atoms with Crippen molar-refractivity contribution in [2.75, 3.05) is 11.9 Å². The van der Waals surface area contributed by atoms with E-state index in [2.05, 4.69) is 25.8 Å². The average Bonchev–Trinajstić information content (AvgIpc) is 2.81. The Labute approximate surface area is 118 Å². The highest BCUT2D eigenvalue weighted by Gasteiger charge is 2.14. The van der Waals surface area contributed by atoms with E-state index < -0.39 is 4.92 Å². The number of aryl methyl sites for hydroxylation is 1. The van der Waals surface area contributed by atoms with Gasteiger partial charge in [0.25, 0.3) is 5.69 Å². The summed E-state index contributed by atoms with van der Waals surface area (Å²) in [6.45, 7) is 2.70. The molecule has 0 bridgehead atoms. The summed E-state index contributed by atoms with van der Waals surface area (Å²) in [4.78, 5) is 14.8. The Morgan fingerprint density at radius 3 is 2.90 bits per heavy atom. The van der Waals surface area contributed by atoms with Gasteiger partial charge in [-0.05, 0) is 28.6 Å². The topological polar surface area (TPSA) is 112 Å². The van der Waals surface area contributed by atoms with Crippen molar-refractivity contribution in [3.05, 3.63) is 22.2 Å². The van der Waals surface area contributed by atoms with Crippen molar-refractivity contribution in [3.63, 3.8) is 0 Å². The lowest BCUT2D eigenvalue weighted by Crippen LogP contribution is -2.03. The highest BCUT2D eigenvalue weighted by atomic mass is 32.2. The van der Waals surface area contributed by atoms with Crippen molar-refractivity contribution in [2.45, 2.75) is 23.5 Å². The number of hydrogen-bond donors (Lipinski definition) is 1. The van der Waals surface area contributed by atoms with E-state index >= 15 is 0 Å². The van der Waals surface area contributed by atoms with Gasteiger partial charge in [-0.1, -0.05) is 6.92 Å². The zero-order valence-corrected chi connectivity index (χ0v) is 11.8. The normalized spacial score (nSPS) is 10.5. The third kappa shape index (κ3) is 3.41. The van der Waals surface area contributed by atoms with E-state index in [4.69, 9.17) is 0 Å². The number of tetrazole rings is 1. The van der Waals surface area contributed by atoms with E-state index in [1.54, 1.807) is 7.05 Å². The SMILES string of the molecule is CCCNc1cc([N+](=O)[O-])cc(Sc2nnnn2C)n1. The van der Waals surface area contributed by atoms with E-state index in [0.29, 0.717) is 22.5 Å². The summed E-state index contributed by atoms with van der Waals surface area (Å²) in [7, 11) is 1.69. The van der Waals surface area contributed by atoms with Gasteiger partial charge in [0.05, 0.1) is 11.0 Å². The number of pyridine rings is 1. The lowest BCUT2D eigenvalue weighted by atomic mass is 10.4. The van der Waals surface area contributed by atoms with Crippen molar-refractivity contribution >= 4 is 23.3 Å². The molecule has 106 valence electrons. The first-order valence-corrected chi connectivity index (χ1v) is 6.72. The third-order valence-electron chi connectivity index (χ3n) is 2.33. The maximum absolute atomic E-state index is 10.9. The van der Waals surface area contributed by atoms with Crippen LogP contribution in [0.15, 0.2) is 22.3 Å². The van der Waals surface area contributed by atoms with E-state index in [-0.39, 0.29) is 5.69 Å². The van der Waals surface area contributed by atoms with Crippen LogP contribution in [0.1, 0.15) is 13.3 Å². The van der Waals surface area contributed by atoms with E-state index in [1.807, 2.05) is 6.92 Å². The number of hydrogen-bond acceptors (Lipinski definition) is 8. The number of nitro groups is 1. The largest absolute Gasteiger partial charge is 0.370 e. The van der Waals surface area contributed by atoms with Gasteiger partial charge >= 0.3 is 0 Å². The van der Waals surface area contributed by atoms with Crippen molar-refractivity contribution < 1.29 is 4.92 Å². The second kappa shape index (κ2) is 6.28. The first kappa shape index (κ1) is 14.2. The summed E-state index contributed by atoms with van der Waals surface area (Å²) in [5.41, 5.74) is -0.0174. The van der Waals surface area contributed by atoms with Crippen LogP contribution in [-0.4, -0.2) is 36.7 Å². The molecular weight excluding hydrogens is 282 g/mol. The molecule has 0 fully saturated rings. The number of nitrogens with one attached hydrogen (secondary N) is 1. The maximum atomic E-state index is 10.9. The summed E-state index contributed by atoms with van der Waals surface area (Å²) in [5.74, 6) is 0.471. The summed E-state index contributed by atoms with van der Waals surface area (Å²) >= 11 is 1.17. The fraction of sp³-hybridized carbons (Fsp3) is 0.400. The molecule has 2 aromatic heterocycles. The molecule has 0 aromatic carbocycles. The van der Waals surface area contributed by atoms with Crippen LogP contribution in [-0.2, 0) is 7.05 Å². The summed E-state index contributed by atoms with van der Waals surface area (Å²) < 4.78 is 1.48. The molecule has 2 heterocycles. The smallest absolute Gasteiger partial charge is 0.275 e. The monoisotopic (exact) mass is 295 g/mol. The van der Waals surface area contributed by atoms with Crippen LogP contribution in [0.25, 0.3) is 0 Å². The predicted molar refractivity (Wildman–Crippen MR) is 72.6 cm³/mol. The van der Waals surface area contributed by atoms with Gasteiger partial charge in [-0.25, -0.2) is 9.67 Å². The molecule has 1 N–H and O–H groups in total. The molecule has 0 atom stereocenters. The van der Waals surface area contributed by atoms with Crippen LogP contribution in [0.4, 0.5) is 11.5 Å². The zero-order chi connectivity index (χ0) is 14.5. The molecule has 9 nitrogen and oxygen atoms in total. The van der Waals surface area contributed by atoms with Gasteiger partial charge in [0, 0.05) is 19.7 Å². The molecule has 20 heavy (non-hydrogen) atoms. The van der Waals surface area contributed by atoms with Gasteiger partial charge in [0.2, 0.25) is 5.16 Å².